The summed E-state index contributed by atoms with van der Waals surface area (Å²) in [6, 6.07) is 0. The smallest absolute Gasteiger partial charge is 0.306 e. The molecule has 0 bridgehead atoms. The highest BCUT2D eigenvalue weighted by Crippen LogP contribution is 2.18. The van der Waals surface area contributed by atoms with Gasteiger partial charge in [0.15, 0.2) is 6.10 Å². The lowest BCUT2D eigenvalue weighted by atomic mass is 10.0. The van der Waals surface area contributed by atoms with Crippen LogP contribution in [0.15, 0.2) is 0 Å². The van der Waals surface area contributed by atoms with E-state index in [-0.39, 0.29) is 31.1 Å². The van der Waals surface area contributed by atoms with Gasteiger partial charge in [0.05, 0.1) is 0 Å². The van der Waals surface area contributed by atoms with Crippen LogP contribution in [0.5, 0.6) is 0 Å². The van der Waals surface area contributed by atoms with E-state index in [9.17, 15) is 14.4 Å². The molecule has 6 nitrogen and oxygen atoms in total. The van der Waals surface area contributed by atoms with Crippen molar-refractivity contribution in [2.24, 2.45) is 17.8 Å². The maximum Gasteiger partial charge on any atom is 0.306 e. The summed E-state index contributed by atoms with van der Waals surface area (Å²) in [6.45, 7) is 13.7. The van der Waals surface area contributed by atoms with Gasteiger partial charge in [-0.2, -0.15) is 0 Å². The molecule has 0 aromatic rings. The molecule has 0 saturated heterocycles. The van der Waals surface area contributed by atoms with Crippen LogP contribution in [0.25, 0.3) is 0 Å². The Morgan fingerprint density at radius 3 is 0.694 bits per heavy atom. The summed E-state index contributed by atoms with van der Waals surface area (Å²) < 4.78 is 16.9. The van der Waals surface area contributed by atoms with Crippen LogP contribution >= 0.6 is 0 Å². The zero-order valence-corrected chi connectivity index (χ0v) is 42.7. The van der Waals surface area contributed by atoms with Crippen LogP contribution in [-0.2, 0) is 28.6 Å². The van der Waals surface area contributed by atoms with Gasteiger partial charge in [-0.1, -0.05) is 266 Å². The van der Waals surface area contributed by atoms with Crippen LogP contribution in [0.4, 0.5) is 0 Å². The lowest BCUT2D eigenvalue weighted by molar-refractivity contribution is -0.167. The van der Waals surface area contributed by atoms with Gasteiger partial charge in [0.2, 0.25) is 0 Å². The number of hydrogen-bond acceptors (Lipinski definition) is 6. The van der Waals surface area contributed by atoms with Crippen molar-refractivity contribution in [2.75, 3.05) is 13.2 Å². The molecule has 0 heterocycles. The highest BCUT2D eigenvalue weighted by atomic mass is 16.6. The SMILES string of the molecule is CC(C)CCCCCCCCCCCCCCCCC(=O)O[C@H](COC(=O)CCCCCCCCCCCCCCC(C)C)COC(=O)CCCCCCCCCCCC(C)C. The molecule has 0 amide bonds. The monoisotopic (exact) mass is 877 g/mol. The molecule has 0 aliphatic heterocycles. The first kappa shape index (κ1) is 60.4. The molecule has 368 valence electrons. The van der Waals surface area contributed by atoms with Crippen molar-refractivity contribution in [2.45, 2.75) is 311 Å². The number of esters is 3. The molecule has 0 rings (SSSR count). The van der Waals surface area contributed by atoms with E-state index in [1.54, 1.807) is 0 Å². The average molecular weight is 877 g/mol. The molecule has 0 aromatic heterocycles. The third kappa shape index (κ3) is 49.4. The van der Waals surface area contributed by atoms with E-state index < -0.39 is 6.10 Å². The lowest BCUT2D eigenvalue weighted by Gasteiger charge is -2.18. The van der Waals surface area contributed by atoms with Crippen LogP contribution in [0.2, 0.25) is 0 Å². The van der Waals surface area contributed by atoms with Gasteiger partial charge in [-0.25, -0.2) is 0 Å². The zero-order chi connectivity index (χ0) is 45.6. The Hall–Kier alpha value is -1.59. The Kier molecular flexibility index (Phi) is 46.2. The predicted octanol–water partition coefficient (Wildman–Crippen LogP) is 17.9. The van der Waals surface area contributed by atoms with Crippen LogP contribution in [-0.4, -0.2) is 37.2 Å². The molecule has 0 aliphatic carbocycles. The van der Waals surface area contributed by atoms with E-state index >= 15 is 0 Å². The van der Waals surface area contributed by atoms with Gasteiger partial charge in [-0.3, -0.25) is 14.4 Å². The molecule has 62 heavy (non-hydrogen) atoms. The van der Waals surface area contributed by atoms with E-state index in [2.05, 4.69) is 41.5 Å². The summed E-state index contributed by atoms with van der Waals surface area (Å²) in [7, 11) is 0. The quantitative estimate of drug-likeness (QED) is 0.0344. The second kappa shape index (κ2) is 47.4. The van der Waals surface area contributed by atoms with Gasteiger partial charge in [-0.05, 0) is 37.0 Å². The predicted molar refractivity (Wildman–Crippen MR) is 266 cm³/mol. The summed E-state index contributed by atoms with van der Waals surface area (Å²) >= 11 is 0. The molecule has 0 radical (unpaired) electrons. The zero-order valence-electron chi connectivity index (χ0n) is 42.7. The number of ether oxygens (including phenoxy) is 3. The van der Waals surface area contributed by atoms with E-state index in [0.29, 0.717) is 19.3 Å². The van der Waals surface area contributed by atoms with Crippen molar-refractivity contribution in [1.29, 1.82) is 0 Å². The van der Waals surface area contributed by atoms with E-state index in [4.69, 9.17) is 14.2 Å². The van der Waals surface area contributed by atoms with Crippen molar-refractivity contribution in [3.8, 4) is 0 Å². The largest absolute Gasteiger partial charge is 0.462 e. The molecule has 0 saturated carbocycles. The molecule has 0 unspecified atom stereocenters. The Morgan fingerprint density at radius 1 is 0.274 bits per heavy atom. The maximum atomic E-state index is 12.8. The Labute approximate surface area is 387 Å². The summed E-state index contributed by atoms with van der Waals surface area (Å²) in [5.74, 6) is 1.64. The van der Waals surface area contributed by atoms with E-state index in [1.165, 1.54) is 186 Å². The minimum absolute atomic E-state index is 0.0641. The minimum Gasteiger partial charge on any atom is -0.462 e. The molecule has 0 aromatic carbocycles. The van der Waals surface area contributed by atoms with E-state index in [1.807, 2.05) is 0 Å². The van der Waals surface area contributed by atoms with Crippen molar-refractivity contribution in [3.05, 3.63) is 0 Å². The molecular formula is C56H108O6. The molecule has 1 atom stereocenters. The van der Waals surface area contributed by atoms with Gasteiger partial charge < -0.3 is 14.2 Å². The summed E-state index contributed by atoms with van der Waals surface area (Å²) in [5, 5.41) is 0. The van der Waals surface area contributed by atoms with Crippen molar-refractivity contribution >= 4 is 17.9 Å². The third-order valence-electron chi connectivity index (χ3n) is 12.6. The fourth-order valence-corrected chi connectivity index (χ4v) is 8.47. The molecule has 0 fully saturated rings. The Balaban J connectivity index is 4.30. The van der Waals surface area contributed by atoms with Gasteiger partial charge >= 0.3 is 17.9 Å². The minimum atomic E-state index is -0.763. The summed E-state index contributed by atoms with van der Waals surface area (Å²) in [6.07, 6.45) is 48.1. The number of carbonyl (C=O) groups is 3. The number of hydrogen-bond donors (Lipinski definition) is 0. The Morgan fingerprint density at radius 2 is 0.468 bits per heavy atom. The molecule has 0 aliphatic rings. The fraction of sp³-hybridized carbons (Fsp3) is 0.946. The summed E-state index contributed by atoms with van der Waals surface area (Å²) in [4.78, 5) is 38.0. The van der Waals surface area contributed by atoms with Gasteiger partial charge in [0.25, 0.3) is 0 Å². The third-order valence-corrected chi connectivity index (χ3v) is 12.6. The first-order chi connectivity index (χ1) is 30.1. The van der Waals surface area contributed by atoms with Crippen LogP contribution in [0, 0.1) is 17.8 Å². The van der Waals surface area contributed by atoms with Crippen molar-refractivity contribution in [3.63, 3.8) is 0 Å². The molecule has 6 heteroatoms. The van der Waals surface area contributed by atoms with Crippen LogP contribution < -0.4 is 0 Å². The van der Waals surface area contributed by atoms with Crippen LogP contribution in [0.1, 0.15) is 305 Å². The lowest BCUT2D eigenvalue weighted by Crippen LogP contribution is -2.30. The highest BCUT2D eigenvalue weighted by molar-refractivity contribution is 5.71. The number of unbranched alkanes of at least 4 members (excludes halogenated alkanes) is 32. The maximum absolute atomic E-state index is 12.8. The fourth-order valence-electron chi connectivity index (χ4n) is 8.47. The van der Waals surface area contributed by atoms with Gasteiger partial charge in [0, 0.05) is 19.3 Å². The van der Waals surface area contributed by atoms with Gasteiger partial charge in [0.1, 0.15) is 13.2 Å². The standard InChI is InChI=1S/C56H108O6/c1-50(2)42-36-30-24-18-13-9-7-8-10-16-22-29-35-41-47-56(59)62-53(49-61-55(58)46-40-34-28-23-17-20-26-32-38-44-52(5)6)48-60-54(57)45-39-33-27-21-15-12-11-14-19-25-31-37-43-51(3)4/h50-53H,7-49H2,1-6H3/t53-/m1/s1. The second-order valence-electron chi connectivity index (χ2n) is 20.6. The van der Waals surface area contributed by atoms with Gasteiger partial charge in [-0.15, -0.1) is 0 Å². The molecular weight excluding hydrogens is 769 g/mol. The Bertz CT molecular complexity index is 960. The average Bonchev–Trinajstić information content (AvgIpc) is 3.23. The van der Waals surface area contributed by atoms with Crippen LogP contribution in [0.3, 0.4) is 0 Å². The normalized spacial score (nSPS) is 12.1. The number of rotatable bonds is 49. The second-order valence-corrected chi connectivity index (χ2v) is 20.6. The molecule has 0 spiro atoms. The highest BCUT2D eigenvalue weighted by Gasteiger charge is 2.19. The molecule has 0 N–H and O–H groups in total. The number of carbonyl (C=O) groups excluding carboxylic acids is 3. The van der Waals surface area contributed by atoms with E-state index in [0.717, 1.165) is 75.5 Å². The topological polar surface area (TPSA) is 78.9 Å². The first-order valence-electron chi connectivity index (χ1n) is 27.6. The van der Waals surface area contributed by atoms with Crippen molar-refractivity contribution < 1.29 is 28.6 Å². The summed E-state index contributed by atoms with van der Waals surface area (Å²) in [5.41, 5.74) is 0. The van der Waals surface area contributed by atoms with Crippen molar-refractivity contribution in [1.82, 2.24) is 0 Å². The first-order valence-corrected chi connectivity index (χ1v) is 27.6.